The molecule has 1 unspecified atom stereocenters. The Morgan fingerprint density at radius 3 is 1.97 bits per heavy atom. The highest BCUT2D eigenvalue weighted by Gasteiger charge is 2.19. The predicted molar refractivity (Wildman–Crippen MR) is 146 cm³/mol. The Morgan fingerprint density at radius 1 is 0.778 bits per heavy atom. The average molecular weight is 499 g/mol. The number of hydrogen-bond donors (Lipinski definition) is 1. The number of carboxylic acids is 1. The lowest BCUT2D eigenvalue weighted by Gasteiger charge is -2.13. The quantitative estimate of drug-likeness (QED) is 0.177. The van der Waals surface area contributed by atoms with Crippen LogP contribution in [0.5, 0.6) is 5.75 Å². The fourth-order valence-corrected chi connectivity index (χ4v) is 4.19. The monoisotopic (exact) mass is 498 g/mol. The number of rotatable bonds is 21. The van der Waals surface area contributed by atoms with Crippen molar-refractivity contribution in [2.75, 3.05) is 19.8 Å². The van der Waals surface area contributed by atoms with Gasteiger partial charge in [-0.25, -0.2) is 9.97 Å². The van der Waals surface area contributed by atoms with Crippen molar-refractivity contribution in [3.05, 3.63) is 42.2 Å². The van der Waals surface area contributed by atoms with Gasteiger partial charge in [-0.1, -0.05) is 95.9 Å². The fourth-order valence-electron chi connectivity index (χ4n) is 4.19. The maximum atomic E-state index is 11.8. The van der Waals surface area contributed by atoms with Gasteiger partial charge in [0.2, 0.25) is 0 Å². The van der Waals surface area contributed by atoms with Crippen LogP contribution >= 0.6 is 0 Å². The van der Waals surface area contributed by atoms with Gasteiger partial charge in [-0.2, -0.15) is 0 Å². The highest BCUT2D eigenvalue weighted by Crippen LogP contribution is 2.26. The van der Waals surface area contributed by atoms with Crippen LogP contribution in [0.2, 0.25) is 0 Å². The predicted octanol–water partition coefficient (Wildman–Crippen LogP) is 7.82. The van der Waals surface area contributed by atoms with E-state index in [2.05, 4.69) is 23.8 Å². The Hall–Kier alpha value is -2.47. The van der Waals surface area contributed by atoms with Gasteiger partial charge in [-0.05, 0) is 31.2 Å². The highest BCUT2D eigenvalue weighted by molar-refractivity contribution is 5.76. The normalized spacial score (nSPS) is 11.9. The minimum absolute atomic E-state index is 0.464. The Morgan fingerprint density at radius 2 is 1.33 bits per heavy atom. The molecule has 0 radical (unpaired) electrons. The van der Waals surface area contributed by atoms with Gasteiger partial charge < -0.3 is 14.6 Å². The van der Waals surface area contributed by atoms with Crippen molar-refractivity contribution < 1.29 is 19.4 Å². The molecular weight excluding hydrogens is 452 g/mol. The standard InChI is InChI=1S/C30H46N2O4/c1-3-5-7-9-10-11-15-28(30(33)34)25-16-18-26(19-17-25)29-31-23-27(24-32-29)36-22-14-13-21-35-20-12-8-6-4-2/h16-19,23-24,28H,3-15,20-22H2,1-2H3,(H,33,34). The number of aliphatic carboxylic acids is 1. The van der Waals surface area contributed by atoms with Crippen molar-refractivity contribution >= 4 is 5.97 Å². The molecule has 2 rings (SSSR count). The number of carboxylic acid groups (broad SMARTS) is 1. The summed E-state index contributed by atoms with van der Waals surface area (Å²) in [6.07, 6.45) is 17.9. The van der Waals surface area contributed by atoms with Crippen LogP contribution in [-0.2, 0) is 9.53 Å². The van der Waals surface area contributed by atoms with Gasteiger partial charge in [-0.15, -0.1) is 0 Å². The van der Waals surface area contributed by atoms with E-state index >= 15 is 0 Å². The van der Waals surface area contributed by atoms with E-state index in [1.165, 1.54) is 44.9 Å². The van der Waals surface area contributed by atoms with E-state index < -0.39 is 11.9 Å². The zero-order valence-corrected chi connectivity index (χ0v) is 22.4. The third kappa shape index (κ3) is 12.0. The van der Waals surface area contributed by atoms with Crippen molar-refractivity contribution in [2.24, 2.45) is 0 Å². The summed E-state index contributed by atoms with van der Waals surface area (Å²) >= 11 is 0. The molecule has 6 nitrogen and oxygen atoms in total. The smallest absolute Gasteiger partial charge is 0.310 e. The van der Waals surface area contributed by atoms with E-state index in [0.29, 0.717) is 24.6 Å². The molecule has 0 aliphatic carbocycles. The van der Waals surface area contributed by atoms with Gasteiger partial charge >= 0.3 is 5.97 Å². The van der Waals surface area contributed by atoms with Crippen LogP contribution in [0.4, 0.5) is 0 Å². The Bertz CT molecular complexity index is 824. The molecule has 0 aliphatic heterocycles. The van der Waals surface area contributed by atoms with Gasteiger partial charge in [-0.3, -0.25) is 4.79 Å². The van der Waals surface area contributed by atoms with E-state index in [-0.39, 0.29) is 0 Å². The highest BCUT2D eigenvalue weighted by atomic mass is 16.5. The topological polar surface area (TPSA) is 81.5 Å². The van der Waals surface area contributed by atoms with Crippen molar-refractivity contribution in [1.82, 2.24) is 9.97 Å². The maximum Gasteiger partial charge on any atom is 0.310 e. The van der Waals surface area contributed by atoms with E-state index in [4.69, 9.17) is 9.47 Å². The molecular formula is C30H46N2O4. The summed E-state index contributed by atoms with van der Waals surface area (Å²) in [5, 5.41) is 9.71. The summed E-state index contributed by atoms with van der Waals surface area (Å²) in [6, 6.07) is 7.60. The molecule has 0 saturated heterocycles. The molecule has 0 bridgehead atoms. The SMILES string of the molecule is CCCCCCCCC(C(=O)O)c1ccc(-c2ncc(OCCCCOCCCCCC)cn2)cc1. The first-order valence-corrected chi connectivity index (χ1v) is 14.0. The van der Waals surface area contributed by atoms with Crippen LogP contribution in [-0.4, -0.2) is 40.9 Å². The summed E-state index contributed by atoms with van der Waals surface area (Å²) in [5.74, 6) is 0.0369. The van der Waals surface area contributed by atoms with Crippen LogP contribution in [0.25, 0.3) is 11.4 Å². The summed E-state index contributed by atoms with van der Waals surface area (Å²) < 4.78 is 11.4. The lowest BCUT2D eigenvalue weighted by atomic mass is 9.92. The second kappa shape index (κ2) is 18.8. The summed E-state index contributed by atoms with van der Waals surface area (Å²) in [6.45, 7) is 6.67. The molecule has 200 valence electrons. The second-order valence-electron chi connectivity index (χ2n) is 9.54. The maximum absolute atomic E-state index is 11.8. The summed E-state index contributed by atoms with van der Waals surface area (Å²) in [4.78, 5) is 20.7. The third-order valence-electron chi connectivity index (χ3n) is 6.44. The number of aromatic nitrogens is 2. The zero-order chi connectivity index (χ0) is 25.8. The molecule has 1 heterocycles. The zero-order valence-electron chi connectivity index (χ0n) is 22.4. The van der Waals surface area contributed by atoms with Gasteiger partial charge in [0.05, 0.1) is 24.9 Å². The minimum atomic E-state index is -0.757. The number of ether oxygens (including phenoxy) is 2. The minimum Gasteiger partial charge on any atom is -0.490 e. The van der Waals surface area contributed by atoms with E-state index in [9.17, 15) is 9.90 Å². The van der Waals surface area contributed by atoms with Crippen LogP contribution in [0.3, 0.4) is 0 Å². The van der Waals surface area contributed by atoms with Crippen molar-refractivity contribution in [2.45, 2.75) is 103 Å². The molecule has 0 amide bonds. The average Bonchev–Trinajstić information content (AvgIpc) is 2.90. The summed E-state index contributed by atoms with van der Waals surface area (Å²) in [5.41, 5.74) is 1.70. The summed E-state index contributed by atoms with van der Waals surface area (Å²) in [7, 11) is 0. The molecule has 1 aromatic carbocycles. The molecule has 2 aromatic rings. The molecule has 0 saturated carbocycles. The first-order valence-electron chi connectivity index (χ1n) is 14.0. The largest absolute Gasteiger partial charge is 0.490 e. The number of benzene rings is 1. The molecule has 1 atom stereocenters. The van der Waals surface area contributed by atoms with Gasteiger partial charge in [0.1, 0.15) is 0 Å². The third-order valence-corrected chi connectivity index (χ3v) is 6.44. The van der Waals surface area contributed by atoms with Crippen LogP contribution in [0.15, 0.2) is 36.7 Å². The lowest BCUT2D eigenvalue weighted by Crippen LogP contribution is -2.11. The van der Waals surface area contributed by atoms with Crippen molar-refractivity contribution in [1.29, 1.82) is 0 Å². The second-order valence-corrected chi connectivity index (χ2v) is 9.54. The van der Waals surface area contributed by atoms with E-state index in [1.54, 1.807) is 12.4 Å². The molecule has 1 aromatic heterocycles. The van der Waals surface area contributed by atoms with Crippen molar-refractivity contribution in [3.8, 4) is 17.1 Å². The first kappa shape index (κ1) is 29.8. The Balaban J connectivity index is 1.72. The molecule has 36 heavy (non-hydrogen) atoms. The molecule has 0 fully saturated rings. The Labute approximate surface area is 217 Å². The molecule has 6 heteroatoms. The number of hydrogen-bond acceptors (Lipinski definition) is 5. The van der Waals surface area contributed by atoms with Crippen LogP contribution < -0.4 is 4.74 Å². The number of nitrogens with zero attached hydrogens (tertiary/aromatic N) is 2. The van der Waals surface area contributed by atoms with Gasteiger partial charge in [0, 0.05) is 18.8 Å². The van der Waals surface area contributed by atoms with Crippen molar-refractivity contribution in [3.63, 3.8) is 0 Å². The lowest BCUT2D eigenvalue weighted by molar-refractivity contribution is -0.139. The molecule has 0 spiro atoms. The van der Waals surface area contributed by atoms with Crippen LogP contribution in [0.1, 0.15) is 109 Å². The van der Waals surface area contributed by atoms with Gasteiger partial charge in [0.15, 0.2) is 11.6 Å². The molecule has 1 N–H and O–H groups in total. The van der Waals surface area contributed by atoms with E-state index in [0.717, 1.165) is 56.4 Å². The molecule has 0 aliphatic rings. The van der Waals surface area contributed by atoms with Crippen LogP contribution in [0, 0.1) is 0 Å². The number of carbonyl (C=O) groups is 1. The first-order chi connectivity index (χ1) is 17.7. The van der Waals surface area contributed by atoms with E-state index in [1.807, 2.05) is 24.3 Å². The fraction of sp³-hybridized carbons (Fsp3) is 0.633. The Kier molecular flexibility index (Phi) is 15.5. The number of unbranched alkanes of at least 4 members (excludes halogenated alkanes) is 9. The van der Waals surface area contributed by atoms with Gasteiger partial charge in [0.25, 0.3) is 0 Å².